The molecule has 19 heavy (non-hydrogen) atoms. The van der Waals surface area contributed by atoms with Crippen LogP contribution in [-0.4, -0.2) is 22.5 Å². The first-order chi connectivity index (χ1) is 9.33. The molecular weight excluding hydrogens is 276 g/mol. The third-order valence-corrected chi connectivity index (χ3v) is 6.10. The van der Waals surface area contributed by atoms with Crippen LogP contribution in [0.15, 0.2) is 5.38 Å². The van der Waals surface area contributed by atoms with Crippen molar-refractivity contribution < 1.29 is 0 Å². The molecule has 0 aromatic carbocycles. The van der Waals surface area contributed by atoms with Crippen molar-refractivity contribution in [3.05, 3.63) is 16.1 Å². The maximum absolute atomic E-state index is 5.89. The van der Waals surface area contributed by atoms with Gasteiger partial charge in [-0.3, -0.25) is 4.90 Å². The summed E-state index contributed by atoms with van der Waals surface area (Å²) in [6.07, 6.45) is 8.27. The fourth-order valence-corrected chi connectivity index (χ4v) is 5.17. The molecule has 1 aliphatic carbocycles. The molecule has 3 atom stereocenters. The van der Waals surface area contributed by atoms with Crippen LogP contribution in [0.2, 0.25) is 0 Å². The Balaban J connectivity index is 1.78. The number of fused-ring (bicyclic) bond motifs is 1. The maximum Gasteiger partial charge on any atom is 0.110 e. The minimum atomic E-state index is 0.523. The first kappa shape index (κ1) is 13.8. The van der Waals surface area contributed by atoms with E-state index in [9.17, 15) is 0 Å². The fraction of sp³-hybridized carbons (Fsp3) is 0.800. The van der Waals surface area contributed by atoms with Gasteiger partial charge in [0.05, 0.1) is 17.6 Å². The molecule has 0 spiro atoms. The summed E-state index contributed by atoms with van der Waals surface area (Å²) in [5.41, 5.74) is 1.04. The largest absolute Gasteiger partial charge is 0.291 e. The summed E-state index contributed by atoms with van der Waals surface area (Å²) in [5.74, 6) is 1.49. The second-order valence-electron chi connectivity index (χ2n) is 5.87. The standard InChI is InChI=1S/C15H23ClN2S/c1-2-13(15-17-12(9-16)10-19-15)18-8-7-11-5-3-4-6-14(11)18/h10-11,13-14H,2-9H2,1H3. The van der Waals surface area contributed by atoms with E-state index in [1.54, 1.807) is 11.3 Å². The van der Waals surface area contributed by atoms with Crippen LogP contribution in [0.25, 0.3) is 0 Å². The van der Waals surface area contributed by atoms with Crippen LogP contribution >= 0.6 is 22.9 Å². The molecule has 4 heteroatoms. The summed E-state index contributed by atoms with van der Waals surface area (Å²) in [6, 6.07) is 1.34. The zero-order valence-electron chi connectivity index (χ0n) is 11.6. The molecule has 0 N–H and O–H groups in total. The minimum Gasteiger partial charge on any atom is -0.291 e. The third kappa shape index (κ3) is 2.70. The van der Waals surface area contributed by atoms with Crippen LogP contribution in [0.3, 0.4) is 0 Å². The Hall–Kier alpha value is -0.120. The van der Waals surface area contributed by atoms with Gasteiger partial charge in [0.2, 0.25) is 0 Å². The molecule has 1 saturated heterocycles. The molecule has 106 valence electrons. The van der Waals surface area contributed by atoms with Gasteiger partial charge < -0.3 is 0 Å². The number of nitrogens with zero attached hydrogens (tertiary/aromatic N) is 2. The van der Waals surface area contributed by atoms with E-state index in [1.165, 1.54) is 50.1 Å². The Morgan fingerprint density at radius 1 is 1.42 bits per heavy atom. The van der Waals surface area contributed by atoms with Gasteiger partial charge in [0.25, 0.3) is 0 Å². The average Bonchev–Trinajstić information content (AvgIpc) is 3.07. The smallest absolute Gasteiger partial charge is 0.110 e. The highest BCUT2D eigenvalue weighted by molar-refractivity contribution is 7.09. The molecule has 3 rings (SSSR count). The van der Waals surface area contributed by atoms with Crippen molar-refractivity contribution in [3.63, 3.8) is 0 Å². The molecule has 2 fully saturated rings. The van der Waals surface area contributed by atoms with Crippen LogP contribution in [0.4, 0.5) is 0 Å². The molecule has 2 heterocycles. The van der Waals surface area contributed by atoms with E-state index in [1.807, 2.05) is 0 Å². The zero-order valence-corrected chi connectivity index (χ0v) is 13.2. The number of halogens is 1. The Kier molecular flexibility index (Phi) is 4.45. The van der Waals surface area contributed by atoms with Crippen LogP contribution in [0, 0.1) is 5.92 Å². The Bertz CT molecular complexity index is 420. The molecule has 2 aliphatic rings. The monoisotopic (exact) mass is 298 g/mol. The Labute approximate surface area is 125 Å². The van der Waals surface area contributed by atoms with Crippen LogP contribution in [-0.2, 0) is 5.88 Å². The quantitative estimate of drug-likeness (QED) is 0.755. The summed E-state index contributed by atoms with van der Waals surface area (Å²) in [6.45, 7) is 3.56. The summed E-state index contributed by atoms with van der Waals surface area (Å²) in [7, 11) is 0. The first-order valence-corrected chi connectivity index (χ1v) is 9.01. The highest BCUT2D eigenvalue weighted by Gasteiger charge is 2.39. The molecule has 2 nitrogen and oxygen atoms in total. The van der Waals surface area contributed by atoms with Crippen molar-refractivity contribution in [1.82, 2.24) is 9.88 Å². The minimum absolute atomic E-state index is 0.523. The van der Waals surface area contributed by atoms with Gasteiger partial charge in [-0.15, -0.1) is 22.9 Å². The average molecular weight is 299 g/mol. The SMILES string of the molecule is CCC(c1nc(CCl)cs1)N1CCC2CCCCC21. The van der Waals surface area contributed by atoms with Crippen molar-refractivity contribution in [1.29, 1.82) is 0 Å². The predicted octanol–water partition coefficient (Wildman–Crippen LogP) is 4.60. The highest BCUT2D eigenvalue weighted by Crippen LogP contribution is 2.42. The molecule has 3 unspecified atom stereocenters. The van der Waals surface area contributed by atoms with Crippen molar-refractivity contribution in [2.75, 3.05) is 6.54 Å². The van der Waals surface area contributed by atoms with E-state index in [-0.39, 0.29) is 0 Å². The zero-order chi connectivity index (χ0) is 13.2. The van der Waals surface area contributed by atoms with Gasteiger partial charge in [0.1, 0.15) is 5.01 Å². The number of thiazole rings is 1. The Morgan fingerprint density at radius 2 is 2.26 bits per heavy atom. The summed E-state index contributed by atoms with van der Waals surface area (Å²) < 4.78 is 0. The molecule has 1 aromatic heterocycles. The number of likely N-dealkylation sites (tertiary alicyclic amines) is 1. The van der Waals surface area contributed by atoms with Crippen molar-refractivity contribution in [2.45, 2.75) is 63.4 Å². The van der Waals surface area contributed by atoms with Gasteiger partial charge in [0, 0.05) is 11.4 Å². The number of rotatable bonds is 4. The summed E-state index contributed by atoms with van der Waals surface area (Å²) >= 11 is 7.68. The highest BCUT2D eigenvalue weighted by atomic mass is 35.5. The van der Waals surface area contributed by atoms with Gasteiger partial charge >= 0.3 is 0 Å². The Morgan fingerprint density at radius 3 is 3.00 bits per heavy atom. The van der Waals surface area contributed by atoms with E-state index < -0.39 is 0 Å². The first-order valence-electron chi connectivity index (χ1n) is 7.59. The van der Waals surface area contributed by atoms with E-state index in [4.69, 9.17) is 16.6 Å². The molecule has 0 bridgehead atoms. The van der Waals surface area contributed by atoms with E-state index in [0.717, 1.165) is 17.7 Å². The molecule has 0 radical (unpaired) electrons. The van der Waals surface area contributed by atoms with Gasteiger partial charge in [-0.1, -0.05) is 19.8 Å². The van der Waals surface area contributed by atoms with Crippen LogP contribution in [0.1, 0.15) is 62.2 Å². The lowest BCUT2D eigenvalue weighted by Crippen LogP contribution is -2.37. The van der Waals surface area contributed by atoms with Gasteiger partial charge in [-0.25, -0.2) is 4.98 Å². The normalized spacial score (nSPS) is 29.4. The summed E-state index contributed by atoms with van der Waals surface area (Å²) in [5, 5.41) is 3.41. The number of alkyl halides is 1. The van der Waals surface area contributed by atoms with Crippen molar-refractivity contribution >= 4 is 22.9 Å². The lowest BCUT2D eigenvalue weighted by atomic mass is 9.85. The number of hydrogen-bond donors (Lipinski definition) is 0. The lowest BCUT2D eigenvalue weighted by Gasteiger charge is -2.36. The molecule has 0 amide bonds. The van der Waals surface area contributed by atoms with E-state index in [2.05, 4.69) is 17.2 Å². The summed E-state index contributed by atoms with van der Waals surface area (Å²) in [4.78, 5) is 7.48. The van der Waals surface area contributed by atoms with Crippen LogP contribution in [0.5, 0.6) is 0 Å². The molecule has 1 aliphatic heterocycles. The number of aromatic nitrogens is 1. The maximum atomic E-state index is 5.89. The predicted molar refractivity (Wildman–Crippen MR) is 81.8 cm³/mol. The van der Waals surface area contributed by atoms with E-state index >= 15 is 0 Å². The number of hydrogen-bond acceptors (Lipinski definition) is 3. The lowest BCUT2D eigenvalue weighted by molar-refractivity contribution is 0.128. The van der Waals surface area contributed by atoms with Crippen molar-refractivity contribution in [2.24, 2.45) is 5.92 Å². The molecular formula is C15H23ClN2S. The third-order valence-electron chi connectivity index (χ3n) is 4.83. The van der Waals surface area contributed by atoms with Gasteiger partial charge in [-0.2, -0.15) is 0 Å². The van der Waals surface area contributed by atoms with E-state index in [0.29, 0.717) is 11.9 Å². The van der Waals surface area contributed by atoms with Gasteiger partial charge in [-0.05, 0) is 38.1 Å². The molecule has 1 aromatic rings. The second kappa shape index (κ2) is 6.11. The van der Waals surface area contributed by atoms with Gasteiger partial charge in [0.15, 0.2) is 0 Å². The van der Waals surface area contributed by atoms with Crippen LogP contribution < -0.4 is 0 Å². The molecule has 1 saturated carbocycles. The fourth-order valence-electron chi connectivity index (χ4n) is 3.92. The topological polar surface area (TPSA) is 16.1 Å². The second-order valence-corrected chi connectivity index (χ2v) is 7.03. The van der Waals surface area contributed by atoms with Crippen molar-refractivity contribution in [3.8, 4) is 0 Å².